The molecular weight excluding hydrogens is 264 g/mol. The first-order valence-corrected chi connectivity index (χ1v) is 6.92. The van der Waals surface area contributed by atoms with Crippen LogP contribution in [0.1, 0.15) is 25.6 Å². The molecule has 3 aromatic rings. The Morgan fingerprint density at radius 3 is 2.76 bits per heavy atom. The molecule has 108 valence electrons. The Bertz CT molecular complexity index is 792. The van der Waals surface area contributed by atoms with E-state index in [0.29, 0.717) is 17.5 Å². The number of ether oxygens (including phenoxy) is 1. The molecular formula is C16H18N4O. The number of anilines is 1. The lowest BCUT2D eigenvalue weighted by Gasteiger charge is -2.09. The van der Waals surface area contributed by atoms with Crippen LogP contribution in [0.4, 0.5) is 5.69 Å². The Kier molecular flexibility index (Phi) is 3.25. The summed E-state index contributed by atoms with van der Waals surface area (Å²) in [7, 11) is 0. The van der Waals surface area contributed by atoms with Crippen molar-refractivity contribution in [2.24, 2.45) is 0 Å². The standard InChI is InChI=1S/C16H18N4O/c1-10(2)20-9-13(8-18-20)21-16-6-11(3)19-15-5-4-12(17)7-14(15)16/h4-10H,17H2,1-3H3. The van der Waals surface area contributed by atoms with Crippen LogP contribution >= 0.6 is 0 Å². The zero-order valence-electron chi connectivity index (χ0n) is 12.4. The molecule has 0 fully saturated rings. The van der Waals surface area contributed by atoms with Crippen LogP contribution in [-0.2, 0) is 0 Å². The lowest BCUT2D eigenvalue weighted by molar-refractivity contribution is 0.481. The second-order valence-corrected chi connectivity index (χ2v) is 5.39. The summed E-state index contributed by atoms with van der Waals surface area (Å²) < 4.78 is 7.84. The highest BCUT2D eigenvalue weighted by molar-refractivity contribution is 5.88. The summed E-state index contributed by atoms with van der Waals surface area (Å²) in [5, 5.41) is 5.18. The molecule has 21 heavy (non-hydrogen) atoms. The molecule has 2 heterocycles. The molecule has 2 aromatic heterocycles. The molecule has 0 aliphatic carbocycles. The van der Waals surface area contributed by atoms with Gasteiger partial charge in [0, 0.05) is 28.9 Å². The number of aromatic nitrogens is 3. The van der Waals surface area contributed by atoms with Gasteiger partial charge in [0.05, 0.1) is 17.9 Å². The summed E-state index contributed by atoms with van der Waals surface area (Å²) in [5.74, 6) is 1.45. The molecule has 0 amide bonds. The molecule has 0 spiro atoms. The number of nitrogen functional groups attached to an aromatic ring is 1. The monoisotopic (exact) mass is 282 g/mol. The van der Waals surface area contributed by atoms with Crippen LogP contribution in [0.2, 0.25) is 0 Å². The topological polar surface area (TPSA) is 66.0 Å². The first kappa shape index (κ1) is 13.4. The van der Waals surface area contributed by atoms with E-state index in [2.05, 4.69) is 23.9 Å². The van der Waals surface area contributed by atoms with Crippen LogP contribution in [0, 0.1) is 6.92 Å². The van der Waals surface area contributed by atoms with Crippen LogP contribution in [0.25, 0.3) is 10.9 Å². The third-order valence-electron chi connectivity index (χ3n) is 3.26. The van der Waals surface area contributed by atoms with Crippen LogP contribution in [0.15, 0.2) is 36.7 Å². The molecule has 0 radical (unpaired) electrons. The maximum Gasteiger partial charge on any atom is 0.165 e. The van der Waals surface area contributed by atoms with Crippen molar-refractivity contribution in [2.45, 2.75) is 26.8 Å². The molecule has 0 aliphatic heterocycles. The van der Waals surface area contributed by atoms with Gasteiger partial charge in [0.1, 0.15) is 5.75 Å². The van der Waals surface area contributed by atoms with Gasteiger partial charge in [0.15, 0.2) is 5.75 Å². The molecule has 3 rings (SSSR count). The van der Waals surface area contributed by atoms with E-state index in [0.717, 1.165) is 22.3 Å². The number of hydrogen-bond donors (Lipinski definition) is 1. The van der Waals surface area contributed by atoms with E-state index in [1.54, 1.807) is 6.20 Å². The lowest BCUT2D eigenvalue weighted by atomic mass is 10.1. The van der Waals surface area contributed by atoms with Gasteiger partial charge in [-0.05, 0) is 39.0 Å². The van der Waals surface area contributed by atoms with Crippen LogP contribution in [-0.4, -0.2) is 14.8 Å². The minimum atomic E-state index is 0.300. The zero-order valence-corrected chi connectivity index (χ0v) is 12.4. The number of nitrogens with zero attached hydrogens (tertiary/aromatic N) is 3. The van der Waals surface area contributed by atoms with E-state index in [9.17, 15) is 0 Å². The van der Waals surface area contributed by atoms with Crippen LogP contribution in [0.5, 0.6) is 11.5 Å². The number of rotatable bonds is 3. The summed E-state index contributed by atoms with van der Waals surface area (Å²) in [6.45, 7) is 6.09. The second-order valence-electron chi connectivity index (χ2n) is 5.39. The van der Waals surface area contributed by atoms with Crippen molar-refractivity contribution < 1.29 is 4.74 Å². The van der Waals surface area contributed by atoms with Crippen molar-refractivity contribution in [2.75, 3.05) is 5.73 Å². The third-order valence-corrected chi connectivity index (χ3v) is 3.26. The highest BCUT2D eigenvalue weighted by Crippen LogP contribution is 2.31. The summed E-state index contributed by atoms with van der Waals surface area (Å²) in [6.07, 6.45) is 3.60. The van der Waals surface area contributed by atoms with E-state index < -0.39 is 0 Å². The van der Waals surface area contributed by atoms with Gasteiger partial charge >= 0.3 is 0 Å². The predicted molar refractivity (Wildman–Crippen MR) is 83.6 cm³/mol. The van der Waals surface area contributed by atoms with E-state index in [-0.39, 0.29) is 0 Å². The molecule has 0 saturated carbocycles. The van der Waals surface area contributed by atoms with Gasteiger partial charge < -0.3 is 10.5 Å². The number of aryl methyl sites for hydroxylation is 1. The molecule has 2 N–H and O–H groups in total. The number of fused-ring (bicyclic) bond motifs is 1. The fourth-order valence-corrected chi connectivity index (χ4v) is 2.21. The summed E-state index contributed by atoms with van der Waals surface area (Å²) in [5.41, 5.74) is 8.33. The molecule has 5 heteroatoms. The zero-order chi connectivity index (χ0) is 15.0. The highest BCUT2D eigenvalue weighted by Gasteiger charge is 2.09. The van der Waals surface area contributed by atoms with E-state index in [4.69, 9.17) is 10.5 Å². The Hall–Kier alpha value is -2.56. The predicted octanol–water partition coefficient (Wildman–Crippen LogP) is 3.70. The Labute approximate surface area is 123 Å². The molecule has 0 aliphatic rings. The Morgan fingerprint density at radius 2 is 2.05 bits per heavy atom. The van der Waals surface area contributed by atoms with Gasteiger partial charge in [-0.25, -0.2) is 0 Å². The molecule has 1 aromatic carbocycles. The number of nitrogens with two attached hydrogens (primary N) is 1. The quantitative estimate of drug-likeness (QED) is 0.744. The fraction of sp³-hybridized carbons (Fsp3) is 0.250. The van der Waals surface area contributed by atoms with Gasteiger partial charge in [0.25, 0.3) is 0 Å². The number of benzene rings is 1. The molecule has 0 unspecified atom stereocenters. The summed E-state index contributed by atoms with van der Waals surface area (Å²) >= 11 is 0. The van der Waals surface area contributed by atoms with E-state index in [1.165, 1.54) is 0 Å². The molecule has 0 bridgehead atoms. The molecule has 5 nitrogen and oxygen atoms in total. The maximum absolute atomic E-state index is 5.98. The Morgan fingerprint density at radius 1 is 1.24 bits per heavy atom. The van der Waals surface area contributed by atoms with Crippen molar-refractivity contribution >= 4 is 16.6 Å². The second kappa shape index (κ2) is 5.09. The largest absolute Gasteiger partial charge is 0.453 e. The minimum absolute atomic E-state index is 0.300. The van der Waals surface area contributed by atoms with Crippen molar-refractivity contribution in [3.05, 3.63) is 42.4 Å². The molecule has 0 saturated heterocycles. The minimum Gasteiger partial charge on any atom is -0.453 e. The lowest BCUT2D eigenvalue weighted by Crippen LogP contribution is -1.99. The van der Waals surface area contributed by atoms with Crippen molar-refractivity contribution in [1.29, 1.82) is 0 Å². The van der Waals surface area contributed by atoms with Crippen molar-refractivity contribution in [3.8, 4) is 11.5 Å². The van der Waals surface area contributed by atoms with E-state index >= 15 is 0 Å². The average Bonchev–Trinajstić information content (AvgIpc) is 2.88. The highest BCUT2D eigenvalue weighted by atomic mass is 16.5. The summed E-state index contributed by atoms with van der Waals surface area (Å²) in [4.78, 5) is 4.50. The van der Waals surface area contributed by atoms with Gasteiger partial charge in [-0.15, -0.1) is 0 Å². The third kappa shape index (κ3) is 2.67. The smallest absolute Gasteiger partial charge is 0.165 e. The van der Waals surface area contributed by atoms with Gasteiger partial charge in [0.2, 0.25) is 0 Å². The maximum atomic E-state index is 5.98. The normalized spacial score (nSPS) is 11.2. The van der Waals surface area contributed by atoms with Crippen LogP contribution < -0.4 is 10.5 Å². The fourth-order valence-electron chi connectivity index (χ4n) is 2.21. The SMILES string of the molecule is Cc1cc(Oc2cnn(C(C)C)c2)c2cc(N)ccc2n1. The van der Waals surface area contributed by atoms with Crippen molar-refractivity contribution in [1.82, 2.24) is 14.8 Å². The van der Waals surface area contributed by atoms with Crippen molar-refractivity contribution in [3.63, 3.8) is 0 Å². The van der Waals surface area contributed by atoms with Gasteiger partial charge in [-0.3, -0.25) is 9.67 Å². The first-order valence-electron chi connectivity index (χ1n) is 6.92. The van der Waals surface area contributed by atoms with Gasteiger partial charge in [-0.1, -0.05) is 0 Å². The molecule has 0 atom stereocenters. The average molecular weight is 282 g/mol. The van der Waals surface area contributed by atoms with E-state index in [1.807, 2.05) is 42.1 Å². The Balaban J connectivity index is 2.04. The van der Waals surface area contributed by atoms with Crippen LogP contribution in [0.3, 0.4) is 0 Å². The summed E-state index contributed by atoms with van der Waals surface area (Å²) in [6, 6.07) is 7.84. The number of pyridine rings is 1. The number of hydrogen-bond acceptors (Lipinski definition) is 4. The first-order chi connectivity index (χ1) is 10.0. The van der Waals surface area contributed by atoms with Gasteiger partial charge in [-0.2, -0.15) is 5.10 Å².